The molecule has 1 aromatic heterocycles. The van der Waals surface area contributed by atoms with Crippen LogP contribution in [0, 0.1) is 24.1 Å². The van der Waals surface area contributed by atoms with E-state index in [-0.39, 0.29) is 18.4 Å². The van der Waals surface area contributed by atoms with Crippen LogP contribution >= 0.6 is 0 Å². The number of aldehydes is 1. The molecule has 0 spiro atoms. The van der Waals surface area contributed by atoms with E-state index in [4.69, 9.17) is 4.74 Å². The fraction of sp³-hybridized carbons (Fsp3) is 0.538. The zero-order valence-electron chi connectivity index (χ0n) is 29.2. The second kappa shape index (κ2) is 19.9. The third kappa shape index (κ3) is 11.5. The van der Waals surface area contributed by atoms with Crippen LogP contribution in [0.3, 0.4) is 0 Å². The van der Waals surface area contributed by atoms with Crippen LogP contribution in [0.1, 0.15) is 69.8 Å². The van der Waals surface area contributed by atoms with Crippen LogP contribution in [0.2, 0.25) is 0 Å². The number of carboxylic acids is 1. The highest BCUT2D eigenvalue weighted by Gasteiger charge is 2.31. The summed E-state index contributed by atoms with van der Waals surface area (Å²) in [6.07, 6.45) is 20.9. The van der Waals surface area contributed by atoms with Crippen molar-refractivity contribution in [3.8, 4) is 0 Å². The molecule has 1 aromatic carbocycles. The highest BCUT2D eigenvalue weighted by molar-refractivity contribution is 5.70. The number of hydrogen-bond acceptors (Lipinski definition) is 7. The summed E-state index contributed by atoms with van der Waals surface area (Å²) in [4.78, 5) is 30.3. The standard InChI is InChI=1S/C39H51FN4O6/c1-43(34-21-12-28(13-22-34)7-4-3-5-24-44-27-41-26-42-44)37(32(25-45)18-23-36(46)30-16-19-33(40)20-17-30)31-14-10-29(11-15-31)8-6-9-35(38(47)48)39(49)50-2/h10,12-17,19,21-22,25,27,29,32-33,35-37,39,46,49H,3-9,11,18,20,23-24H2,1-2H3/p+1. The van der Waals surface area contributed by atoms with Crippen LogP contribution in [0.5, 0.6) is 0 Å². The van der Waals surface area contributed by atoms with Crippen LogP contribution < -0.4 is 10.00 Å². The van der Waals surface area contributed by atoms with Gasteiger partial charge in [0.05, 0.1) is 18.7 Å². The number of aromatic nitrogens is 3. The van der Waals surface area contributed by atoms with Gasteiger partial charge in [0.1, 0.15) is 18.4 Å². The van der Waals surface area contributed by atoms with Crippen LogP contribution in [0.25, 0.3) is 0 Å². The number of methoxy groups -OCH3 is 1. The number of hydrogen-bond donors (Lipinski definition) is 3. The first-order valence-electron chi connectivity index (χ1n) is 17.7. The number of alkyl halides is 1. The molecule has 0 amide bonds. The topological polar surface area (TPSA) is 139 Å². The zero-order chi connectivity index (χ0) is 35.9. The summed E-state index contributed by atoms with van der Waals surface area (Å²) in [5.41, 5.74) is 3.92. The first-order valence-corrected chi connectivity index (χ1v) is 17.7. The van der Waals surface area contributed by atoms with Gasteiger partial charge in [0, 0.05) is 37.2 Å². The maximum atomic E-state index is 13.6. The van der Waals surface area contributed by atoms with E-state index >= 15 is 0 Å². The predicted octanol–water partition coefficient (Wildman–Crippen LogP) is 5.02. The molecule has 0 saturated heterocycles. The fourth-order valence-corrected chi connectivity index (χ4v) is 6.85. The van der Waals surface area contributed by atoms with E-state index in [0.717, 1.165) is 62.6 Å². The van der Waals surface area contributed by atoms with Gasteiger partial charge in [-0.1, -0.05) is 66.1 Å². The van der Waals surface area contributed by atoms with Crippen LogP contribution in [-0.2, 0) is 27.3 Å². The molecule has 0 saturated carbocycles. The van der Waals surface area contributed by atoms with Crippen molar-refractivity contribution in [2.45, 2.75) is 102 Å². The minimum atomic E-state index is -1.34. The quantitative estimate of drug-likeness (QED) is 0.0883. The Kier molecular flexibility index (Phi) is 15.4. The van der Waals surface area contributed by atoms with Gasteiger partial charge in [-0.25, -0.2) is 4.39 Å². The Hall–Kier alpha value is -4.11. The number of nitrogens with zero attached hydrogens (tertiary/aromatic N) is 4. The van der Waals surface area contributed by atoms with E-state index in [0.29, 0.717) is 31.3 Å². The molecule has 0 aliphatic heterocycles. The smallest absolute Gasteiger partial charge is 0.461 e. The molecule has 0 bridgehead atoms. The van der Waals surface area contributed by atoms with Gasteiger partial charge in [-0.3, -0.25) is 4.79 Å². The molecular weight excluding hydrogens is 639 g/mol. The van der Waals surface area contributed by atoms with Gasteiger partial charge in [-0.15, -0.1) is 0 Å². The fourth-order valence-electron chi connectivity index (χ4n) is 6.85. The number of ether oxygens (including phenoxy) is 1. The highest BCUT2D eigenvalue weighted by atomic mass is 19.1. The largest absolute Gasteiger partial charge is 0.481 e. The first kappa shape index (κ1) is 38.7. The molecule has 50 heavy (non-hydrogen) atoms. The van der Waals surface area contributed by atoms with Gasteiger partial charge in [0.2, 0.25) is 0 Å². The average molecular weight is 692 g/mol. The second-order valence-electron chi connectivity index (χ2n) is 13.4. The molecule has 270 valence electrons. The van der Waals surface area contributed by atoms with E-state index < -0.39 is 36.4 Å². The highest BCUT2D eigenvalue weighted by Crippen LogP contribution is 2.33. The Morgan fingerprint density at radius 1 is 1.08 bits per heavy atom. The van der Waals surface area contributed by atoms with Gasteiger partial charge in [0.15, 0.2) is 6.29 Å². The number of benzene rings is 1. The molecule has 2 aromatic rings. The SMILES string of the molecule is COC(O)C(CCCC1C=CC(C(C(C=O)CCC(O)C2=CCC(F)C=C2)N(C)c2ccc(CCCCCn3cnc#[n+]3)cc2)=CC1)C(=O)O. The number of rotatable bonds is 22. The lowest BCUT2D eigenvalue weighted by Gasteiger charge is -2.36. The number of halogens is 1. The van der Waals surface area contributed by atoms with Crippen LogP contribution in [0.4, 0.5) is 10.1 Å². The number of aryl methyl sites for hydroxylation is 2. The minimum Gasteiger partial charge on any atom is -0.481 e. The monoisotopic (exact) mass is 691 g/mol. The molecule has 0 fully saturated rings. The summed E-state index contributed by atoms with van der Waals surface area (Å²) in [7, 11) is 3.29. The number of unbranched alkanes of at least 4 members (excludes halogenated alkanes) is 2. The predicted molar refractivity (Wildman–Crippen MR) is 188 cm³/mol. The summed E-state index contributed by atoms with van der Waals surface area (Å²) in [6, 6.07) is 8.19. The molecule has 7 unspecified atom stereocenters. The number of anilines is 1. The lowest BCUT2D eigenvalue weighted by Crippen LogP contribution is -2.41. The Morgan fingerprint density at radius 3 is 2.46 bits per heavy atom. The Morgan fingerprint density at radius 2 is 1.84 bits per heavy atom. The van der Waals surface area contributed by atoms with Crippen LogP contribution in [-0.4, -0.2) is 76.0 Å². The molecule has 11 heteroatoms. The van der Waals surface area contributed by atoms with Crippen molar-refractivity contribution in [1.82, 2.24) is 9.67 Å². The Labute approximate surface area is 295 Å². The molecule has 4 rings (SSSR count). The molecule has 1 heterocycles. The summed E-state index contributed by atoms with van der Waals surface area (Å²) in [5, 5.41) is 34.3. The second-order valence-corrected chi connectivity index (χ2v) is 13.4. The van der Waals surface area contributed by atoms with E-state index in [1.807, 2.05) is 7.05 Å². The third-order valence-corrected chi connectivity index (χ3v) is 9.90. The zero-order valence-corrected chi connectivity index (χ0v) is 29.2. The molecule has 2 aliphatic carbocycles. The van der Waals surface area contributed by atoms with Crippen molar-refractivity contribution in [3.63, 3.8) is 0 Å². The maximum absolute atomic E-state index is 13.6. The van der Waals surface area contributed by atoms with Gasteiger partial charge in [-0.2, -0.15) is 0 Å². The van der Waals surface area contributed by atoms with Crippen molar-refractivity contribution in [3.05, 3.63) is 90.1 Å². The van der Waals surface area contributed by atoms with Gasteiger partial charge in [-0.05, 0) is 91.2 Å². The van der Waals surface area contributed by atoms with Gasteiger partial charge in [0.25, 0.3) is 6.33 Å². The van der Waals surface area contributed by atoms with Crippen molar-refractivity contribution in [2.24, 2.45) is 17.8 Å². The van der Waals surface area contributed by atoms with E-state index in [1.54, 1.807) is 23.2 Å². The number of allylic oxidation sites excluding steroid dienone is 4. The summed E-state index contributed by atoms with van der Waals surface area (Å²) in [5.74, 6) is -2.27. The van der Waals surface area contributed by atoms with Crippen molar-refractivity contribution in [2.75, 3.05) is 19.1 Å². The summed E-state index contributed by atoms with van der Waals surface area (Å²) < 4.78 is 20.2. The van der Waals surface area contributed by atoms with Gasteiger partial charge >= 0.3 is 12.3 Å². The lowest BCUT2D eigenvalue weighted by atomic mass is 9.82. The number of aliphatic hydroxyl groups is 2. The molecule has 0 radical (unpaired) electrons. The van der Waals surface area contributed by atoms with Crippen LogP contribution in [0.15, 0.2) is 78.2 Å². The normalized spacial score (nSPS) is 20.2. The Balaban J connectivity index is 1.41. The number of carboxylic acid groups (broad SMARTS) is 1. The third-order valence-electron chi connectivity index (χ3n) is 9.90. The number of likely N-dealkylation sites (N-methyl/N-ethyl adjacent to an activating group) is 1. The maximum Gasteiger partial charge on any atom is 0.461 e. The molecule has 3 N–H and O–H groups in total. The van der Waals surface area contributed by atoms with Crippen molar-refractivity contribution >= 4 is 17.9 Å². The van der Waals surface area contributed by atoms with E-state index in [9.17, 15) is 29.3 Å². The average Bonchev–Trinajstić information content (AvgIpc) is 3.65. The summed E-state index contributed by atoms with van der Waals surface area (Å²) >= 11 is 0. The van der Waals surface area contributed by atoms with Crippen molar-refractivity contribution < 1.29 is 39.1 Å². The van der Waals surface area contributed by atoms with E-state index in [2.05, 4.69) is 63.8 Å². The van der Waals surface area contributed by atoms with Crippen molar-refractivity contribution in [1.29, 1.82) is 0 Å². The number of aliphatic carboxylic acids is 1. The minimum absolute atomic E-state index is 0.202. The first-order chi connectivity index (χ1) is 24.2. The number of carbonyl (C=O) groups excluding carboxylic acids is 1. The van der Waals surface area contributed by atoms with Gasteiger partial charge < -0.3 is 29.8 Å². The van der Waals surface area contributed by atoms with E-state index in [1.165, 1.54) is 18.7 Å². The summed E-state index contributed by atoms with van der Waals surface area (Å²) in [6.45, 7) is 0.831. The number of aliphatic hydroxyl groups excluding tert-OH is 2. The molecule has 2 aliphatic rings. The molecular formula is C39H52FN4O6+. The number of carbonyl (C=O) groups is 2. The lowest BCUT2D eigenvalue weighted by molar-refractivity contribution is -0.418. The molecule has 7 atom stereocenters. The Bertz CT molecular complexity index is 1460. The molecule has 10 nitrogen and oxygen atoms in total.